The first-order valence-electron chi connectivity index (χ1n) is 10.5. The number of rotatable bonds is 8. The summed E-state index contributed by atoms with van der Waals surface area (Å²) in [5, 5.41) is 2.94. The predicted molar refractivity (Wildman–Crippen MR) is 117 cm³/mol. The monoisotopic (exact) mass is 448 g/mol. The number of anilines is 1. The van der Waals surface area contributed by atoms with Gasteiger partial charge in [-0.3, -0.25) is 9.69 Å². The Bertz CT molecular complexity index is 942. The first kappa shape index (κ1) is 23.0. The fourth-order valence-electron chi connectivity index (χ4n) is 3.49. The Kier molecular flexibility index (Phi) is 7.86. The van der Waals surface area contributed by atoms with Crippen molar-refractivity contribution in [3.63, 3.8) is 0 Å². The molecule has 2 aromatic rings. The zero-order valence-corrected chi connectivity index (χ0v) is 18.9. The number of carbonyl (C=O) groups excluding carboxylic acids is 3. The number of nitrogens with one attached hydrogen (secondary N) is 1. The molecule has 8 nitrogen and oxygen atoms in total. The molecule has 0 unspecified atom stereocenters. The number of piperidine rings is 1. The average molecular weight is 449 g/mol. The number of thiophene rings is 1. The molecule has 0 spiro atoms. The van der Waals surface area contributed by atoms with Crippen LogP contribution in [0.1, 0.15) is 74.5 Å². The van der Waals surface area contributed by atoms with E-state index < -0.39 is 17.8 Å². The van der Waals surface area contributed by atoms with Crippen molar-refractivity contribution in [3.05, 3.63) is 39.7 Å². The number of nitrogens with zero attached hydrogens (tertiary/aromatic N) is 1. The normalized spacial score (nSPS) is 14.3. The number of methoxy groups -OCH3 is 1. The molecule has 31 heavy (non-hydrogen) atoms. The van der Waals surface area contributed by atoms with Gasteiger partial charge in [0.15, 0.2) is 5.76 Å². The molecule has 3 rings (SSSR count). The lowest BCUT2D eigenvalue weighted by Crippen LogP contribution is -2.28. The van der Waals surface area contributed by atoms with Gasteiger partial charge < -0.3 is 19.2 Å². The summed E-state index contributed by atoms with van der Waals surface area (Å²) in [4.78, 5) is 40.0. The highest BCUT2D eigenvalue weighted by Gasteiger charge is 2.28. The minimum absolute atomic E-state index is 0.144. The Morgan fingerprint density at radius 2 is 1.90 bits per heavy atom. The molecule has 0 atom stereocenters. The molecule has 1 N–H and O–H groups in total. The maximum Gasteiger partial charge on any atom is 0.348 e. The summed E-state index contributed by atoms with van der Waals surface area (Å²) in [6.07, 6.45) is 4.25. The standard InChI is InChI=1S/C22H28N2O6S/c1-4-12-29-21(26)17-14(2)18(22(27)28-3)31-20(17)23-19(25)16-9-8-15(30-16)13-24-10-6-5-7-11-24/h8-9H,4-7,10-13H2,1-3H3,(H,23,25). The number of ether oxygens (including phenoxy) is 2. The van der Waals surface area contributed by atoms with Crippen LogP contribution in [0.5, 0.6) is 0 Å². The van der Waals surface area contributed by atoms with Crippen LogP contribution in [0.15, 0.2) is 16.5 Å². The average Bonchev–Trinajstić information content (AvgIpc) is 3.36. The molecule has 0 bridgehead atoms. The number of likely N-dealkylation sites (tertiary alicyclic amines) is 1. The van der Waals surface area contributed by atoms with Gasteiger partial charge in [-0.15, -0.1) is 11.3 Å². The van der Waals surface area contributed by atoms with Gasteiger partial charge in [-0.2, -0.15) is 0 Å². The van der Waals surface area contributed by atoms with Crippen LogP contribution in [0, 0.1) is 6.92 Å². The summed E-state index contributed by atoms with van der Waals surface area (Å²) in [6, 6.07) is 3.41. The maximum absolute atomic E-state index is 12.8. The van der Waals surface area contributed by atoms with E-state index in [4.69, 9.17) is 13.9 Å². The summed E-state index contributed by atoms with van der Waals surface area (Å²) in [5.74, 6) is -0.800. The van der Waals surface area contributed by atoms with Gasteiger partial charge in [0.2, 0.25) is 0 Å². The molecule has 1 fully saturated rings. The molecule has 2 aromatic heterocycles. The minimum Gasteiger partial charge on any atom is -0.465 e. The van der Waals surface area contributed by atoms with Crippen LogP contribution in [-0.4, -0.2) is 49.6 Å². The molecule has 0 radical (unpaired) electrons. The van der Waals surface area contributed by atoms with Gasteiger partial charge in [0.25, 0.3) is 5.91 Å². The van der Waals surface area contributed by atoms with Gasteiger partial charge in [-0.1, -0.05) is 13.3 Å². The molecule has 1 aliphatic heterocycles. The van der Waals surface area contributed by atoms with Crippen LogP contribution in [0.4, 0.5) is 5.00 Å². The van der Waals surface area contributed by atoms with E-state index in [0.717, 1.165) is 24.4 Å². The summed E-state index contributed by atoms with van der Waals surface area (Å²) in [6.45, 7) is 6.46. The summed E-state index contributed by atoms with van der Waals surface area (Å²) in [7, 11) is 1.27. The maximum atomic E-state index is 12.8. The van der Waals surface area contributed by atoms with E-state index in [0.29, 0.717) is 24.3 Å². The lowest BCUT2D eigenvalue weighted by atomic mass is 10.1. The Morgan fingerprint density at radius 1 is 1.16 bits per heavy atom. The Labute approximate surface area is 185 Å². The van der Waals surface area contributed by atoms with Crippen LogP contribution < -0.4 is 5.32 Å². The van der Waals surface area contributed by atoms with Crippen molar-refractivity contribution in [1.29, 1.82) is 0 Å². The lowest BCUT2D eigenvalue weighted by Gasteiger charge is -2.25. The molecule has 0 saturated carbocycles. The van der Waals surface area contributed by atoms with Crippen LogP contribution in [0.3, 0.4) is 0 Å². The third-order valence-corrected chi connectivity index (χ3v) is 6.29. The van der Waals surface area contributed by atoms with Crippen molar-refractivity contribution in [2.75, 3.05) is 32.1 Å². The number of carbonyl (C=O) groups is 3. The number of amides is 1. The third kappa shape index (κ3) is 5.54. The van der Waals surface area contributed by atoms with Crippen molar-refractivity contribution < 1.29 is 28.3 Å². The fourth-order valence-corrected chi connectivity index (χ4v) is 4.60. The Morgan fingerprint density at radius 3 is 2.58 bits per heavy atom. The lowest BCUT2D eigenvalue weighted by molar-refractivity contribution is 0.0506. The zero-order valence-electron chi connectivity index (χ0n) is 18.1. The largest absolute Gasteiger partial charge is 0.465 e. The van der Waals surface area contributed by atoms with Gasteiger partial charge in [0, 0.05) is 0 Å². The van der Waals surface area contributed by atoms with Gasteiger partial charge in [0.1, 0.15) is 15.6 Å². The number of hydrogen-bond donors (Lipinski definition) is 1. The van der Waals surface area contributed by atoms with E-state index in [1.807, 2.05) is 6.92 Å². The highest BCUT2D eigenvalue weighted by Crippen LogP contribution is 2.34. The van der Waals surface area contributed by atoms with Gasteiger partial charge in [-0.25, -0.2) is 9.59 Å². The quantitative estimate of drug-likeness (QED) is 0.603. The van der Waals surface area contributed by atoms with Crippen LogP contribution >= 0.6 is 11.3 Å². The first-order chi connectivity index (χ1) is 14.9. The number of furan rings is 1. The molecule has 1 saturated heterocycles. The second-order valence-corrected chi connectivity index (χ2v) is 8.47. The van der Waals surface area contributed by atoms with E-state index in [1.165, 1.54) is 26.4 Å². The molecular weight excluding hydrogens is 420 g/mol. The SMILES string of the molecule is CCCOC(=O)c1c(NC(=O)c2ccc(CN3CCCCC3)o2)sc(C(=O)OC)c1C. The Balaban J connectivity index is 1.78. The molecule has 168 valence electrons. The summed E-state index contributed by atoms with van der Waals surface area (Å²) in [5.41, 5.74) is 0.575. The van der Waals surface area contributed by atoms with Crippen LogP contribution in [0.2, 0.25) is 0 Å². The van der Waals surface area contributed by atoms with E-state index in [9.17, 15) is 14.4 Å². The van der Waals surface area contributed by atoms with Gasteiger partial charge in [-0.05, 0) is 57.0 Å². The number of esters is 2. The zero-order chi connectivity index (χ0) is 22.4. The van der Waals surface area contributed by atoms with E-state index in [1.54, 1.807) is 19.1 Å². The Hall–Kier alpha value is -2.65. The highest BCUT2D eigenvalue weighted by molar-refractivity contribution is 7.18. The smallest absolute Gasteiger partial charge is 0.348 e. The summed E-state index contributed by atoms with van der Waals surface area (Å²) >= 11 is 0.982. The topological polar surface area (TPSA) is 98.1 Å². The fraction of sp³-hybridized carbons (Fsp3) is 0.500. The summed E-state index contributed by atoms with van der Waals surface area (Å²) < 4.78 is 15.8. The third-order valence-electron chi connectivity index (χ3n) is 5.10. The first-order valence-corrected chi connectivity index (χ1v) is 11.3. The van der Waals surface area contributed by atoms with Gasteiger partial charge in [0.05, 0.1) is 25.8 Å². The molecule has 1 amide bonds. The molecule has 0 aromatic carbocycles. The molecular formula is C22H28N2O6S. The highest BCUT2D eigenvalue weighted by atomic mass is 32.1. The van der Waals surface area contributed by atoms with Crippen molar-refractivity contribution in [2.24, 2.45) is 0 Å². The van der Waals surface area contributed by atoms with E-state index >= 15 is 0 Å². The molecule has 1 aliphatic rings. The molecule has 9 heteroatoms. The molecule has 3 heterocycles. The van der Waals surface area contributed by atoms with Gasteiger partial charge >= 0.3 is 11.9 Å². The minimum atomic E-state index is -0.591. The number of hydrogen-bond acceptors (Lipinski definition) is 8. The van der Waals surface area contributed by atoms with E-state index in [2.05, 4.69) is 10.2 Å². The van der Waals surface area contributed by atoms with E-state index in [-0.39, 0.29) is 27.8 Å². The van der Waals surface area contributed by atoms with Crippen LogP contribution in [-0.2, 0) is 16.0 Å². The van der Waals surface area contributed by atoms with Crippen molar-refractivity contribution >= 4 is 34.2 Å². The van der Waals surface area contributed by atoms with Crippen molar-refractivity contribution in [1.82, 2.24) is 4.90 Å². The second-order valence-electron chi connectivity index (χ2n) is 7.44. The molecule has 0 aliphatic carbocycles. The van der Waals surface area contributed by atoms with Crippen molar-refractivity contribution in [2.45, 2.75) is 46.1 Å². The second kappa shape index (κ2) is 10.6. The van der Waals surface area contributed by atoms with Crippen LogP contribution in [0.25, 0.3) is 0 Å². The van der Waals surface area contributed by atoms with Crippen molar-refractivity contribution in [3.8, 4) is 0 Å². The predicted octanol–water partition coefficient (Wildman–Crippen LogP) is 4.24.